The Morgan fingerprint density at radius 1 is 1.37 bits per heavy atom. The minimum Gasteiger partial charge on any atom is -0.481 e. The van der Waals surface area contributed by atoms with Crippen molar-refractivity contribution in [2.45, 2.75) is 0 Å². The van der Waals surface area contributed by atoms with E-state index in [4.69, 9.17) is 16.3 Å². The number of aromatic nitrogens is 1. The van der Waals surface area contributed by atoms with Crippen LogP contribution in [0.5, 0.6) is 5.88 Å². The summed E-state index contributed by atoms with van der Waals surface area (Å²) in [6.45, 7) is 0. The van der Waals surface area contributed by atoms with Gasteiger partial charge < -0.3 is 10.1 Å². The van der Waals surface area contributed by atoms with E-state index < -0.39 is 0 Å². The molecule has 98 valence electrons. The number of halogens is 2. The Labute approximate surface area is 123 Å². The fraction of sp³-hybridized carbons (Fsp3) is 0.0769. The maximum Gasteiger partial charge on any atom is 0.255 e. The van der Waals surface area contributed by atoms with Crippen LogP contribution in [0.25, 0.3) is 0 Å². The molecule has 2 aromatic rings. The zero-order valence-electron chi connectivity index (χ0n) is 9.98. The van der Waals surface area contributed by atoms with Crippen LogP contribution in [0.15, 0.2) is 41.0 Å². The van der Waals surface area contributed by atoms with E-state index in [0.29, 0.717) is 26.6 Å². The number of hydrogen-bond acceptors (Lipinski definition) is 3. The molecular weight excluding hydrogens is 332 g/mol. The molecule has 0 aliphatic rings. The van der Waals surface area contributed by atoms with Gasteiger partial charge in [-0.1, -0.05) is 11.6 Å². The first-order chi connectivity index (χ1) is 9.10. The van der Waals surface area contributed by atoms with Crippen LogP contribution in [0.1, 0.15) is 10.4 Å². The Hall–Kier alpha value is -1.59. The summed E-state index contributed by atoms with van der Waals surface area (Å²) in [4.78, 5) is 16.0. The van der Waals surface area contributed by atoms with Gasteiger partial charge in [0.2, 0.25) is 5.88 Å². The smallest absolute Gasteiger partial charge is 0.255 e. The van der Waals surface area contributed by atoms with Crippen LogP contribution in [-0.4, -0.2) is 18.0 Å². The van der Waals surface area contributed by atoms with Crippen LogP contribution >= 0.6 is 27.5 Å². The van der Waals surface area contributed by atoms with Gasteiger partial charge in [-0.3, -0.25) is 4.79 Å². The SMILES string of the molecule is COc1ccc(NC(=O)c2ccc(Cl)c(Br)c2)cn1. The second-order valence-corrected chi connectivity index (χ2v) is 4.93. The van der Waals surface area contributed by atoms with Crippen molar-refractivity contribution < 1.29 is 9.53 Å². The van der Waals surface area contributed by atoms with Crippen molar-refractivity contribution in [3.63, 3.8) is 0 Å². The van der Waals surface area contributed by atoms with Gasteiger partial charge >= 0.3 is 0 Å². The molecule has 0 saturated carbocycles. The van der Waals surface area contributed by atoms with Gasteiger partial charge in [0.25, 0.3) is 5.91 Å². The first-order valence-electron chi connectivity index (χ1n) is 5.36. The van der Waals surface area contributed by atoms with Gasteiger partial charge in [0.05, 0.1) is 24.0 Å². The van der Waals surface area contributed by atoms with Gasteiger partial charge in [-0.25, -0.2) is 4.98 Å². The summed E-state index contributed by atoms with van der Waals surface area (Å²) in [6, 6.07) is 8.36. The van der Waals surface area contributed by atoms with E-state index in [1.807, 2.05) is 0 Å². The minimum atomic E-state index is -0.232. The molecule has 6 heteroatoms. The molecule has 0 fully saturated rings. The lowest BCUT2D eigenvalue weighted by molar-refractivity contribution is 0.102. The highest BCUT2D eigenvalue weighted by Crippen LogP contribution is 2.23. The maximum atomic E-state index is 12.0. The van der Waals surface area contributed by atoms with E-state index in [-0.39, 0.29) is 5.91 Å². The summed E-state index contributed by atoms with van der Waals surface area (Å²) in [5.41, 5.74) is 1.10. The number of hydrogen-bond donors (Lipinski definition) is 1. The van der Waals surface area contributed by atoms with Crippen molar-refractivity contribution in [2.24, 2.45) is 0 Å². The van der Waals surface area contributed by atoms with Crippen LogP contribution in [-0.2, 0) is 0 Å². The van der Waals surface area contributed by atoms with Crippen LogP contribution < -0.4 is 10.1 Å². The fourth-order valence-corrected chi connectivity index (χ4v) is 1.91. The number of carbonyl (C=O) groups is 1. The molecule has 2 rings (SSSR count). The number of benzene rings is 1. The van der Waals surface area contributed by atoms with Crippen LogP contribution in [0.3, 0.4) is 0 Å². The lowest BCUT2D eigenvalue weighted by atomic mass is 10.2. The number of methoxy groups -OCH3 is 1. The van der Waals surface area contributed by atoms with Gasteiger partial charge in [-0.2, -0.15) is 0 Å². The molecule has 0 aliphatic carbocycles. The Bertz CT molecular complexity index is 602. The van der Waals surface area contributed by atoms with E-state index >= 15 is 0 Å². The molecule has 1 amide bonds. The number of amides is 1. The first-order valence-corrected chi connectivity index (χ1v) is 6.53. The van der Waals surface area contributed by atoms with E-state index in [1.165, 1.54) is 13.3 Å². The van der Waals surface area contributed by atoms with Gasteiger partial charge in [0.1, 0.15) is 0 Å². The van der Waals surface area contributed by atoms with Gasteiger partial charge in [0, 0.05) is 16.1 Å². The standard InChI is InChI=1S/C13H10BrClN2O2/c1-19-12-5-3-9(7-16-12)17-13(18)8-2-4-11(15)10(14)6-8/h2-7H,1H3,(H,17,18). The van der Waals surface area contributed by atoms with E-state index in [1.54, 1.807) is 30.3 Å². The molecule has 19 heavy (non-hydrogen) atoms. The average molecular weight is 342 g/mol. The van der Waals surface area contributed by atoms with Crippen molar-refractivity contribution in [1.29, 1.82) is 0 Å². The Morgan fingerprint density at radius 3 is 2.74 bits per heavy atom. The molecule has 1 aromatic carbocycles. The van der Waals surface area contributed by atoms with Gasteiger partial charge in [0.15, 0.2) is 0 Å². The predicted molar refractivity (Wildman–Crippen MR) is 77.9 cm³/mol. The van der Waals surface area contributed by atoms with E-state index in [0.717, 1.165) is 0 Å². The molecule has 0 spiro atoms. The molecular formula is C13H10BrClN2O2. The zero-order chi connectivity index (χ0) is 13.8. The number of anilines is 1. The molecule has 1 N–H and O–H groups in total. The highest BCUT2D eigenvalue weighted by Gasteiger charge is 2.08. The molecule has 0 bridgehead atoms. The van der Waals surface area contributed by atoms with Crippen LogP contribution in [0.2, 0.25) is 5.02 Å². The molecule has 4 nitrogen and oxygen atoms in total. The fourth-order valence-electron chi connectivity index (χ4n) is 1.42. The third kappa shape index (κ3) is 3.45. The van der Waals surface area contributed by atoms with E-state index in [9.17, 15) is 4.79 Å². The number of pyridine rings is 1. The molecule has 0 unspecified atom stereocenters. The summed E-state index contributed by atoms with van der Waals surface area (Å²) in [6.07, 6.45) is 1.53. The molecule has 0 atom stereocenters. The normalized spacial score (nSPS) is 10.1. The maximum absolute atomic E-state index is 12.0. The van der Waals surface area contributed by atoms with Gasteiger partial charge in [-0.05, 0) is 40.2 Å². The molecule has 0 aliphatic heterocycles. The van der Waals surface area contributed by atoms with Crippen molar-refractivity contribution in [1.82, 2.24) is 4.98 Å². The Balaban J connectivity index is 2.13. The topological polar surface area (TPSA) is 51.2 Å². The first kappa shape index (κ1) is 13.8. The molecule has 0 radical (unpaired) electrons. The van der Waals surface area contributed by atoms with Gasteiger partial charge in [-0.15, -0.1) is 0 Å². The average Bonchev–Trinajstić information content (AvgIpc) is 2.42. The summed E-state index contributed by atoms with van der Waals surface area (Å²) in [5, 5.41) is 3.29. The molecule has 1 aromatic heterocycles. The molecule has 1 heterocycles. The summed E-state index contributed by atoms with van der Waals surface area (Å²) in [5.74, 6) is 0.261. The highest BCUT2D eigenvalue weighted by molar-refractivity contribution is 9.10. The third-order valence-electron chi connectivity index (χ3n) is 2.39. The molecule has 0 saturated heterocycles. The second kappa shape index (κ2) is 6.04. The number of nitrogens with zero attached hydrogens (tertiary/aromatic N) is 1. The minimum absolute atomic E-state index is 0.232. The lowest BCUT2D eigenvalue weighted by Gasteiger charge is -2.06. The number of carbonyl (C=O) groups excluding carboxylic acids is 1. The van der Waals surface area contributed by atoms with E-state index in [2.05, 4.69) is 26.2 Å². The number of rotatable bonds is 3. The van der Waals surface area contributed by atoms with Crippen molar-refractivity contribution in [3.8, 4) is 5.88 Å². The lowest BCUT2D eigenvalue weighted by Crippen LogP contribution is -2.12. The largest absolute Gasteiger partial charge is 0.481 e. The number of nitrogens with one attached hydrogen (secondary N) is 1. The highest BCUT2D eigenvalue weighted by atomic mass is 79.9. The zero-order valence-corrected chi connectivity index (χ0v) is 12.3. The summed E-state index contributed by atoms with van der Waals surface area (Å²) in [7, 11) is 1.53. The Morgan fingerprint density at radius 2 is 2.16 bits per heavy atom. The number of ether oxygens (including phenoxy) is 1. The van der Waals surface area contributed by atoms with Crippen LogP contribution in [0, 0.1) is 0 Å². The monoisotopic (exact) mass is 340 g/mol. The summed E-state index contributed by atoms with van der Waals surface area (Å²) < 4.78 is 5.62. The summed E-state index contributed by atoms with van der Waals surface area (Å²) >= 11 is 9.15. The predicted octanol–water partition coefficient (Wildman–Crippen LogP) is 3.76. The van der Waals surface area contributed by atoms with Crippen molar-refractivity contribution in [2.75, 3.05) is 12.4 Å². The van der Waals surface area contributed by atoms with Crippen molar-refractivity contribution in [3.05, 3.63) is 51.6 Å². The Kier molecular flexibility index (Phi) is 4.39. The van der Waals surface area contributed by atoms with Crippen molar-refractivity contribution >= 4 is 39.1 Å². The van der Waals surface area contributed by atoms with Crippen LogP contribution in [0.4, 0.5) is 5.69 Å². The quantitative estimate of drug-likeness (QED) is 0.925. The third-order valence-corrected chi connectivity index (χ3v) is 3.60. The second-order valence-electron chi connectivity index (χ2n) is 3.67.